The van der Waals surface area contributed by atoms with E-state index in [1.807, 2.05) is 13.8 Å². The molecular weight excluding hydrogens is 364 g/mol. The van der Waals surface area contributed by atoms with Crippen molar-refractivity contribution in [3.05, 3.63) is 44.8 Å². The lowest BCUT2D eigenvalue weighted by atomic mass is 10.0. The van der Waals surface area contributed by atoms with Crippen LogP contribution in [0.3, 0.4) is 0 Å². The van der Waals surface area contributed by atoms with Gasteiger partial charge in [0, 0.05) is 12.1 Å². The lowest BCUT2D eigenvalue weighted by Gasteiger charge is -2.28. The number of benzene rings is 1. The monoisotopic (exact) mass is 379 g/mol. The van der Waals surface area contributed by atoms with Crippen molar-refractivity contribution in [2.45, 2.75) is 26.3 Å². The van der Waals surface area contributed by atoms with Crippen molar-refractivity contribution in [2.75, 3.05) is 0 Å². The molecule has 1 atom stereocenters. The molecule has 0 unspecified atom stereocenters. The number of nitro groups is 1. The molecule has 1 heterocycles. The number of hydrogen-bond acceptors (Lipinski definition) is 7. The molecule has 0 bridgehead atoms. The van der Waals surface area contributed by atoms with Crippen molar-refractivity contribution in [1.82, 2.24) is 4.90 Å². The topological polar surface area (TPSA) is 104 Å². The largest absolute Gasteiger partial charge is 0.548 e. The Labute approximate surface area is 153 Å². The Morgan fingerprint density at radius 1 is 1.44 bits per heavy atom. The van der Waals surface area contributed by atoms with Crippen LogP contribution < -0.4 is 5.11 Å². The van der Waals surface area contributed by atoms with Crippen molar-refractivity contribution < 1.29 is 19.6 Å². The minimum absolute atomic E-state index is 0.0355. The molecule has 2 rings (SSSR count). The maximum absolute atomic E-state index is 12.6. The van der Waals surface area contributed by atoms with Crippen molar-refractivity contribution >= 4 is 51.9 Å². The van der Waals surface area contributed by atoms with E-state index in [0.29, 0.717) is 5.56 Å². The van der Waals surface area contributed by atoms with E-state index in [1.54, 1.807) is 6.07 Å². The number of amides is 1. The first-order valence-electron chi connectivity index (χ1n) is 7.43. The molecular formula is C16H15N2O5S2-. The van der Waals surface area contributed by atoms with Gasteiger partial charge in [0.1, 0.15) is 4.32 Å². The molecule has 1 aliphatic rings. The Balaban J connectivity index is 2.32. The number of carbonyl (C=O) groups is 2. The standard InChI is InChI=1S/C16H16N2O5S2/c1-9(2)6-12(15(20)21)17-14(19)13(25-16(17)24)8-10-4-3-5-11(7-10)18(22)23/h3-5,7-9,12H,6H2,1-2H3,(H,20,21)/p-1/b13-8-/t12-/m0/s1. The van der Waals surface area contributed by atoms with Gasteiger partial charge in [0.2, 0.25) is 0 Å². The van der Waals surface area contributed by atoms with Crippen molar-refractivity contribution in [1.29, 1.82) is 0 Å². The van der Waals surface area contributed by atoms with Crippen LogP contribution in [-0.4, -0.2) is 32.1 Å². The van der Waals surface area contributed by atoms with E-state index in [-0.39, 0.29) is 27.3 Å². The molecule has 7 nitrogen and oxygen atoms in total. The number of carbonyl (C=O) groups excluding carboxylic acids is 2. The van der Waals surface area contributed by atoms with Crippen LogP contribution in [0.1, 0.15) is 25.8 Å². The Bertz CT molecular complexity index is 776. The molecule has 0 aromatic heterocycles. The molecule has 0 radical (unpaired) electrons. The Hall–Kier alpha value is -2.26. The number of aliphatic carboxylic acids is 1. The zero-order valence-corrected chi connectivity index (χ0v) is 15.1. The molecule has 1 aromatic carbocycles. The van der Waals surface area contributed by atoms with E-state index in [4.69, 9.17) is 12.2 Å². The van der Waals surface area contributed by atoms with Crippen LogP contribution >= 0.6 is 24.0 Å². The predicted molar refractivity (Wildman–Crippen MR) is 96.4 cm³/mol. The van der Waals surface area contributed by atoms with Crippen molar-refractivity contribution in [3.8, 4) is 0 Å². The molecule has 1 aromatic rings. The van der Waals surface area contributed by atoms with Gasteiger partial charge in [-0.05, 0) is 24.0 Å². The first kappa shape index (κ1) is 19.1. The Kier molecular flexibility index (Phi) is 5.91. The highest BCUT2D eigenvalue weighted by atomic mass is 32.2. The zero-order valence-electron chi connectivity index (χ0n) is 13.5. The van der Waals surface area contributed by atoms with Crippen LogP contribution in [0.2, 0.25) is 0 Å². The maximum atomic E-state index is 12.6. The maximum Gasteiger partial charge on any atom is 0.270 e. The summed E-state index contributed by atoms with van der Waals surface area (Å²) >= 11 is 6.13. The zero-order chi connectivity index (χ0) is 18.7. The minimum Gasteiger partial charge on any atom is -0.548 e. The fraction of sp³-hybridized carbons (Fsp3) is 0.312. The third kappa shape index (κ3) is 4.43. The summed E-state index contributed by atoms with van der Waals surface area (Å²) in [7, 11) is 0. The fourth-order valence-corrected chi connectivity index (χ4v) is 3.74. The number of thiocarbonyl (C=S) groups is 1. The van der Waals surface area contributed by atoms with E-state index in [2.05, 4.69) is 0 Å². The number of carboxylic acid groups (broad SMARTS) is 1. The number of hydrogen-bond donors (Lipinski definition) is 0. The lowest BCUT2D eigenvalue weighted by Crippen LogP contribution is -2.50. The van der Waals surface area contributed by atoms with Gasteiger partial charge in [-0.25, -0.2) is 0 Å². The van der Waals surface area contributed by atoms with Crippen molar-refractivity contribution in [2.24, 2.45) is 5.92 Å². The van der Waals surface area contributed by atoms with Gasteiger partial charge in [-0.15, -0.1) is 0 Å². The number of non-ortho nitro benzene ring substituents is 1. The van der Waals surface area contributed by atoms with E-state index in [1.165, 1.54) is 24.3 Å². The average molecular weight is 379 g/mol. The van der Waals surface area contributed by atoms with Gasteiger partial charge >= 0.3 is 0 Å². The van der Waals surface area contributed by atoms with E-state index in [0.717, 1.165) is 16.7 Å². The first-order valence-corrected chi connectivity index (χ1v) is 8.65. The molecule has 1 saturated heterocycles. The van der Waals surface area contributed by atoms with Gasteiger partial charge in [-0.3, -0.25) is 19.8 Å². The average Bonchev–Trinajstić information content (AvgIpc) is 2.79. The van der Waals surface area contributed by atoms with Crippen LogP contribution in [0.4, 0.5) is 5.69 Å². The highest BCUT2D eigenvalue weighted by Crippen LogP contribution is 2.35. The van der Waals surface area contributed by atoms with Gasteiger partial charge in [-0.2, -0.15) is 0 Å². The van der Waals surface area contributed by atoms with E-state index in [9.17, 15) is 24.8 Å². The highest BCUT2D eigenvalue weighted by molar-refractivity contribution is 8.26. The van der Waals surface area contributed by atoms with Crippen LogP contribution in [-0.2, 0) is 9.59 Å². The summed E-state index contributed by atoms with van der Waals surface area (Å²) in [6.45, 7) is 3.68. The summed E-state index contributed by atoms with van der Waals surface area (Å²) in [6.07, 6.45) is 1.69. The Morgan fingerprint density at radius 2 is 2.12 bits per heavy atom. The van der Waals surface area contributed by atoms with E-state index >= 15 is 0 Å². The predicted octanol–water partition coefficient (Wildman–Crippen LogP) is 1.96. The molecule has 0 spiro atoms. The van der Waals surface area contributed by atoms with Crippen LogP contribution in [0.25, 0.3) is 6.08 Å². The molecule has 9 heteroatoms. The molecule has 132 valence electrons. The number of thioether (sulfide) groups is 1. The second kappa shape index (κ2) is 7.75. The summed E-state index contributed by atoms with van der Waals surface area (Å²) in [5, 5.41) is 22.3. The van der Waals surface area contributed by atoms with Gasteiger partial charge < -0.3 is 9.90 Å². The van der Waals surface area contributed by atoms with Crippen molar-refractivity contribution in [3.63, 3.8) is 0 Å². The highest BCUT2D eigenvalue weighted by Gasteiger charge is 2.38. The van der Waals surface area contributed by atoms with Gasteiger partial charge in [0.25, 0.3) is 11.6 Å². The number of rotatable bonds is 6. The Morgan fingerprint density at radius 3 is 2.68 bits per heavy atom. The number of carboxylic acids is 1. The summed E-state index contributed by atoms with van der Waals surface area (Å²) in [5.74, 6) is -1.86. The smallest absolute Gasteiger partial charge is 0.270 e. The van der Waals surface area contributed by atoms with Gasteiger partial charge in [-0.1, -0.05) is 50.0 Å². The third-order valence-electron chi connectivity index (χ3n) is 3.48. The normalized spacial score (nSPS) is 17.4. The molecule has 1 fully saturated rings. The van der Waals surface area contributed by atoms with Crippen LogP contribution in [0.15, 0.2) is 29.2 Å². The van der Waals surface area contributed by atoms with E-state index < -0.39 is 22.8 Å². The lowest BCUT2D eigenvalue weighted by molar-refractivity contribution is -0.384. The summed E-state index contributed by atoms with van der Waals surface area (Å²) in [4.78, 5) is 35.6. The fourth-order valence-electron chi connectivity index (χ4n) is 2.38. The molecule has 1 amide bonds. The quantitative estimate of drug-likeness (QED) is 0.322. The van der Waals surface area contributed by atoms with Crippen LogP contribution in [0, 0.1) is 16.0 Å². The second-order valence-corrected chi connectivity index (χ2v) is 7.54. The summed E-state index contributed by atoms with van der Waals surface area (Å²) < 4.78 is 0.136. The van der Waals surface area contributed by atoms with Gasteiger partial charge in [0.05, 0.1) is 21.8 Å². The minimum atomic E-state index is -1.36. The van der Waals surface area contributed by atoms with Crippen LogP contribution in [0.5, 0.6) is 0 Å². The SMILES string of the molecule is CC(C)C[C@@H](C(=O)[O-])N1C(=O)/C(=C/c2cccc([N+](=O)[O-])c2)SC1=S. The molecule has 0 N–H and O–H groups in total. The molecule has 1 aliphatic heterocycles. The molecule has 25 heavy (non-hydrogen) atoms. The number of nitro benzene ring substituents is 1. The second-order valence-electron chi connectivity index (χ2n) is 5.87. The van der Waals surface area contributed by atoms with Gasteiger partial charge in [0.15, 0.2) is 0 Å². The molecule has 0 saturated carbocycles. The third-order valence-corrected chi connectivity index (χ3v) is 4.81. The summed E-state index contributed by atoms with van der Waals surface area (Å²) in [5.41, 5.74) is 0.361. The first-order chi connectivity index (χ1) is 11.7. The molecule has 0 aliphatic carbocycles. The summed E-state index contributed by atoms with van der Waals surface area (Å²) in [6, 6.07) is 4.66. The number of nitrogens with zero attached hydrogens (tertiary/aromatic N) is 2.